The van der Waals surface area contributed by atoms with Crippen molar-refractivity contribution in [2.75, 3.05) is 26.2 Å². The lowest BCUT2D eigenvalue weighted by Gasteiger charge is -2.34. The molecule has 0 spiro atoms. The maximum absolute atomic E-state index is 12.8. The van der Waals surface area contributed by atoms with Gasteiger partial charge in [-0.25, -0.2) is 0 Å². The lowest BCUT2D eigenvalue weighted by molar-refractivity contribution is 0.0750. The standard InChI is InChI=1S/C20H25ClN4O/c1-23-14-18(21)19(22-23)20(26)25-10-4-9-24(11-12-25)17-8-7-15-5-2-3-6-16(15)13-17/h2-3,5-6,14,17H,4,7-13H2,1H3. The Morgan fingerprint density at radius 2 is 1.96 bits per heavy atom. The molecule has 26 heavy (non-hydrogen) atoms. The SMILES string of the molecule is Cn1cc(Cl)c(C(=O)N2CCCN(C3CCc4ccccc4C3)CC2)n1. The highest BCUT2D eigenvalue weighted by atomic mass is 35.5. The number of carbonyl (C=O) groups is 1. The molecule has 1 aromatic carbocycles. The van der Waals surface area contributed by atoms with Crippen LogP contribution in [-0.4, -0.2) is 57.7 Å². The van der Waals surface area contributed by atoms with E-state index in [-0.39, 0.29) is 5.91 Å². The van der Waals surface area contributed by atoms with Crippen molar-refractivity contribution in [3.05, 3.63) is 52.3 Å². The number of benzene rings is 1. The summed E-state index contributed by atoms with van der Waals surface area (Å²) in [6, 6.07) is 9.37. The van der Waals surface area contributed by atoms with Crippen LogP contribution in [0.25, 0.3) is 0 Å². The van der Waals surface area contributed by atoms with Crippen LogP contribution in [-0.2, 0) is 19.9 Å². The Balaban J connectivity index is 1.41. The van der Waals surface area contributed by atoms with Gasteiger partial charge < -0.3 is 4.90 Å². The van der Waals surface area contributed by atoms with Gasteiger partial charge in [-0.2, -0.15) is 5.10 Å². The minimum atomic E-state index is -0.0496. The maximum atomic E-state index is 12.8. The van der Waals surface area contributed by atoms with Crippen LogP contribution in [0.3, 0.4) is 0 Å². The summed E-state index contributed by atoms with van der Waals surface area (Å²) in [6.07, 6.45) is 6.16. The van der Waals surface area contributed by atoms with Crippen molar-refractivity contribution in [2.24, 2.45) is 7.05 Å². The average molecular weight is 373 g/mol. The zero-order valence-corrected chi connectivity index (χ0v) is 16.0. The monoisotopic (exact) mass is 372 g/mol. The smallest absolute Gasteiger partial charge is 0.275 e. The molecule has 1 aliphatic carbocycles. The highest BCUT2D eigenvalue weighted by Gasteiger charge is 2.28. The first-order chi connectivity index (χ1) is 12.6. The molecule has 0 radical (unpaired) electrons. The Morgan fingerprint density at radius 3 is 2.73 bits per heavy atom. The number of fused-ring (bicyclic) bond motifs is 1. The minimum Gasteiger partial charge on any atom is -0.336 e. The molecule has 4 rings (SSSR count). The van der Waals surface area contributed by atoms with Gasteiger partial charge in [-0.1, -0.05) is 35.9 Å². The number of aromatic nitrogens is 2. The predicted octanol–water partition coefficient (Wildman–Crippen LogP) is 2.78. The van der Waals surface area contributed by atoms with Gasteiger partial charge in [0, 0.05) is 45.5 Å². The van der Waals surface area contributed by atoms with E-state index in [9.17, 15) is 4.79 Å². The molecule has 5 nitrogen and oxygen atoms in total. The van der Waals surface area contributed by atoms with Gasteiger partial charge in [0.15, 0.2) is 5.69 Å². The Kier molecular flexibility index (Phi) is 5.00. The molecule has 0 bridgehead atoms. The number of aryl methyl sites for hydroxylation is 2. The molecule has 1 fully saturated rings. The number of halogens is 1. The summed E-state index contributed by atoms with van der Waals surface area (Å²) in [5.74, 6) is -0.0496. The summed E-state index contributed by atoms with van der Waals surface area (Å²) < 4.78 is 1.60. The second-order valence-electron chi connectivity index (χ2n) is 7.35. The second-order valence-corrected chi connectivity index (χ2v) is 7.75. The first kappa shape index (κ1) is 17.6. The summed E-state index contributed by atoms with van der Waals surface area (Å²) in [4.78, 5) is 17.3. The number of rotatable bonds is 2. The van der Waals surface area contributed by atoms with E-state index in [2.05, 4.69) is 34.3 Å². The Bertz CT molecular complexity index is 803. The van der Waals surface area contributed by atoms with Crippen LogP contribution < -0.4 is 0 Å². The van der Waals surface area contributed by atoms with Crippen LogP contribution in [0.5, 0.6) is 0 Å². The first-order valence-corrected chi connectivity index (χ1v) is 9.79. The first-order valence-electron chi connectivity index (χ1n) is 9.41. The van der Waals surface area contributed by atoms with Gasteiger partial charge in [-0.05, 0) is 36.8 Å². The molecule has 1 amide bonds. The highest BCUT2D eigenvalue weighted by molar-refractivity contribution is 6.33. The van der Waals surface area contributed by atoms with Crippen molar-refractivity contribution in [3.8, 4) is 0 Å². The molecule has 1 aliphatic heterocycles. The molecule has 1 atom stereocenters. The minimum absolute atomic E-state index is 0.0496. The van der Waals surface area contributed by atoms with E-state index < -0.39 is 0 Å². The third-order valence-corrected chi connectivity index (χ3v) is 5.92. The van der Waals surface area contributed by atoms with Crippen LogP contribution >= 0.6 is 11.6 Å². The van der Waals surface area contributed by atoms with Crippen LogP contribution in [0.15, 0.2) is 30.5 Å². The van der Waals surface area contributed by atoms with Gasteiger partial charge in [-0.15, -0.1) is 0 Å². The van der Waals surface area contributed by atoms with Crippen molar-refractivity contribution >= 4 is 17.5 Å². The molecule has 138 valence electrons. The zero-order valence-electron chi connectivity index (χ0n) is 15.2. The third-order valence-electron chi connectivity index (χ3n) is 5.64. The Labute approximate surface area is 159 Å². The number of hydrogen-bond donors (Lipinski definition) is 0. The zero-order chi connectivity index (χ0) is 18.1. The molecular weight excluding hydrogens is 348 g/mol. The number of amides is 1. The van der Waals surface area contributed by atoms with Gasteiger partial charge in [-0.3, -0.25) is 14.4 Å². The fourth-order valence-electron chi connectivity index (χ4n) is 4.25. The second kappa shape index (κ2) is 7.41. The van der Waals surface area contributed by atoms with Gasteiger partial charge in [0.1, 0.15) is 0 Å². The normalized spacial score (nSPS) is 21.3. The largest absolute Gasteiger partial charge is 0.336 e. The summed E-state index contributed by atoms with van der Waals surface area (Å²) in [7, 11) is 1.79. The molecule has 6 heteroatoms. The fraction of sp³-hybridized carbons (Fsp3) is 0.500. The number of nitrogens with zero attached hydrogens (tertiary/aromatic N) is 4. The van der Waals surface area contributed by atoms with Crippen molar-refractivity contribution in [1.82, 2.24) is 19.6 Å². The van der Waals surface area contributed by atoms with Crippen LogP contribution in [0, 0.1) is 0 Å². The summed E-state index contributed by atoms with van der Waals surface area (Å²) in [5, 5.41) is 4.66. The molecule has 0 N–H and O–H groups in total. The lowest BCUT2D eigenvalue weighted by atomic mass is 9.87. The van der Waals surface area contributed by atoms with Crippen LogP contribution in [0.4, 0.5) is 0 Å². The van der Waals surface area contributed by atoms with E-state index >= 15 is 0 Å². The van der Waals surface area contributed by atoms with Crippen LogP contribution in [0.2, 0.25) is 5.02 Å². The molecule has 1 saturated heterocycles. The Morgan fingerprint density at radius 1 is 1.15 bits per heavy atom. The Hall–Kier alpha value is -1.85. The van der Waals surface area contributed by atoms with Gasteiger partial charge in [0.2, 0.25) is 0 Å². The third kappa shape index (κ3) is 3.51. The summed E-state index contributed by atoms with van der Waals surface area (Å²) in [6.45, 7) is 3.48. The molecular formula is C20H25ClN4O. The van der Waals surface area contributed by atoms with Crippen molar-refractivity contribution < 1.29 is 4.79 Å². The van der Waals surface area contributed by atoms with Gasteiger partial charge >= 0.3 is 0 Å². The van der Waals surface area contributed by atoms with E-state index in [1.165, 1.54) is 17.5 Å². The van der Waals surface area contributed by atoms with E-state index in [1.807, 2.05) is 4.90 Å². The average Bonchev–Trinajstić information content (AvgIpc) is 2.85. The van der Waals surface area contributed by atoms with E-state index in [1.54, 1.807) is 17.9 Å². The maximum Gasteiger partial charge on any atom is 0.275 e. The quantitative estimate of drug-likeness (QED) is 0.814. The fourth-order valence-corrected chi connectivity index (χ4v) is 4.51. The number of carbonyl (C=O) groups excluding carboxylic acids is 1. The molecule has 0 saturated carbocycles. The molecule has 1 aromatic heterocycles. The van der Waals surface area contributed by atoms with Gasteiger partial charge in [0.05, 0.1) is 5.02 Å². The summed E-state index contributed by atoms with van der Waals surface area (Å²) in [5.41, 5.74) is 3.36. The van der Waals surface area contributed by atoms with E-state index in [0.717, 1.165) is 45.4 Å². The predicted molar refractivity (Wildman–Crippen MR) is 103 cm³/mol. The topological polar surface area (TPSA) is 41.4 Å². The lowest BCUT2D eigenvalue weighted by Crippen LogP contribution is -2.42. The van der Waals surface area contributed by atoms with Crippen molar-refractivity contribution in [3.63, 3.8) is 0 Å². The molecule has 2 heterocycles. The van der Waals surface area contributed by atoms with Crippen molar-refractivity contribution in [1.29, 1.82) is 0 Å². The summed E-state index contributed by atoms with van der Waals surface area (Å²) >= 11 is 6.16. The molecule has 1 unspecified atom stereocenters. The van der Waals surface area contributed by atoms with E-state index in [0.29, 0.717) is 16.8 Å². The van der Waals surface area contributed by atoms with Gasteiger partial charge in [0.25, 0.3) is 5.91 Å². The van der Waals surface area contributed by atoms with Crippen molar-refractivity contribution in [2.45, 2.75) is 31.7 Å². The van der Waals surface area contributed by atoms with Crippen LogP contribution in [0.1, 0.15) is 34.5 Å². The highest BCUT2D eigenvalue weighted by Crippen LogP contribution is 2.25. The van der Waals surface area contributed by atoms with E-state index in [4.69, 9.17) is 11.6 Å². The molecule has 2 aromatic rings. The number of hydrogen-bond acceptors (Lipinski definition) is 3. The molecule has 2 aliphatic rings.